The van der Waals surface area contributed by atoms with Gasteiger partial charge in [-0.05, 0) is 37.6 Å². The van der Waals surface area contributed by atoms with E-state index in [2.05, 4.69) is 37.7 Å². The Balaban J connectivity index is 0.000000228. The Labute approximate surface area is 154 Å². The molecule has 0 radical (unpaired) electrons. The normalized spacial score (nSPS) is 15.0. The third-order valence-corrected chi connectivity index (χ3v) is 4.12. The summed E-state index contributed by atoms with van der Waals surface area (Å²) in [4.78, 5) is 16.1. The van der Waals surface area contributed by atoms with Gasteiger partial charge < -0.3 is 9.15 Å². The van der Waals surface area contributed by atoms with Crippen LogP contribution in [-0.2, 0) is 5.41 Å². The molecule has 0 spiro atoms. The van der Waals surface area contributed by atoms with Crippen LogP contribution in [0.5, 0.6) is 5.75 Å². The molecule has 0 bridgehead atoms. The van der Waals surface area contributed by atoms with Crippen LogP contribution in [0, 0.1) is 19.7 Å². The second-order valence-corrected chi connectivity index (χ2v) is 7.64. The molecule has 1 fully saturated rings. The van der Waals surface area contributed by atoms with Crippen molar-refractivity contribution in [1.82, 2.24) is 9.88 Å². The molecule has 6 heteroatoms. The lowest BCUT2D eigenvalue weighted by molar-refractivity contribution is 0.0375. The zero-order valence-electron chi connectivity index (χ0n) is 16.3. The molecule has 0 atom stereocenters. The van der Waals surface area contributed by atoms with Gasteiger partial charge in [-0.25, -0.2) is 9.37 Å². The van der Waals surface area contributed by atoms with Crippen LogP contribution in [0.1, 0.15) is 48.5 Å². The molecule has 3 rings (SSSR count). The molecule has 1 aliphatic rings. The van der Waals surface area contributed by atoms with Crippen molar-refractivity contribution in [3.05, 3.63) is 46.9 Å². The Morgan fingerprint density at radius 1 is 1.31 bits per heavy atom. The van der Waals surface area contributed by atoms with E-state index in [1.54, 1.807) is 26.0 Å². The number of likely N-dealkylation sites (tertiary alicyclic amines) is 1. The van der Waals surface area contributed by atoms with Gasteiger partial charge in [0, 0.05) is 25.6 Å². The molecule has 0 unspecified atom stereocenters. The van der Waals surface area contributed by atoms with E-state index in [1.165, 1.54) is 6.07 Å². The average Bonchev–Trinajstić information content (AvgIpc) is 2.85. The summed E-state index contributed by atoms with van der Waals surface area (Å²) in [5.41, 5.74) is 1.23. The van der Waals surface area contributed by atoms with Gasteiger partial charge in [0.05, 0.1) is 0 Å². The largest absolute Gasteiger partial charge is 0.487 e. The van der Waals surface area contributed by atoms with Crippen molar-refractivity contribution < 1.29 is 18.3 Å². The Bertz CT molecular complexity index is 759. The van der Waals surface area contributed by atoms with E-state index in [0.717, 1.165) is 24.4 Å². The maximum atomic E-state index is 13.3. The highest BCUT2D eigenvalue weighted by molar-refractivity contribution is 5.72. The number of nitrogens with zero attached hydrogens (tertiary/aromatic N) is 2. The number of halogens is 1. The second kappa shape index (κ2) is 7.99. The van der Waals surface area contributed by atoms with E-state index in [1.807, 2.05) is 0 Å². The molecule has 1 saturated heterocycles. The number of carbonyl (C=O) groups is 1. The van der Waals surface area contributed by atoms with E-state index in [4.69, 9.17) is 9.15 Å². The monoisotopic (exact) mass is 362 g/mol. The smallest absolute Gasteiger partial charge is 0.191 e. The Hall–Kier alpha value is -2.21. The number of hydrogen-bond acceptors (Lipinski definition) is 5. The first-order valence-electron chi connectivity index (χ1n) is 8.64. The van der Waals surface area contributed by atoms with Crippen LogP contribution in [0.15, 0.2) is 22.6 Å². The molecule has 0 saturated carbocycles. The first-order chi connectivity index (χ1) is 12.1. The standard InChI is InChI=1S/C14H20FNO.C6H7NO2/c1-14(2,3)12-7-10(15)5-6-13(12)17-11-8-16(4)9-11;1-4-6(3-8)7-5(2)9-4/h5-7,11H,8-9H2,1-4H3;3H,1-2H3. The van der Waals surface area contributed by atoms with Crippen molar-refractivity contribution in [2.75, 3.05) is 20.1 Å². The van der Waals surface area contributed by atoms with Gasteiger partial charge in [0.25, 0.3) is 0 Å². The fourth-order valence-corrected chi connectivity index (χ4v) is 2.74. The minimum Gasteiger partial charge on any atom is -0.487 e. The molecule has 1 aliphatic heterocycles. The molecule has 1 aromatic heterocycles. The highest BCUT2D eigenvalue weighted by Gasteiger charge is 2.27. The molecule has 5 nitrogen and oxygen atoms in total. The number of ether oxygens (including phenoxy) is 1. The van der Waals surface area contributed by atoms with Crippen LogP contribution >= 0.6 is 0 Å². The maximum absolute atomic E-state index is 13.3. The molecular formula is C20H27FN2O3. The second-order valence-electron chi connectivity index (χ2n) is 7.64. The number of likely N-dealkylation sites (N-methyl/N-ethyl adjacent to an activating group) is 1. The molecular weight excluding hydrogens is 335 g/mol. The first kappa shape index (κ1) is 20.1. The van der Waals surface area contributed by atoms with E-state index in [-0.39, 0.29) is 17.3 Å². The highest BCUT2D eigenvalue weighted by Crippen LogP contribution is 2.33. The summed E-state index contributed by atoms with van der Waals surface area (Å²) >= 11 is 0. The van der Waals surface area contributed by atoms with Gasteiger partial charge in [-0.2, -0.15) is 0 Å². The Morgan fingerprint density at radius 2 is 1.96 bits per heavy atom. The summed E-state index contributed by atoms with van der Waals surface area (Å²) < 4.78 is 24.2. The number of oxazole rings is 1. The van der Waals surface area contributed by atoms with E-state index in [9.17, 15) is 9.18 Å². The van der Waals surface area contributed by atoms with E-state index in [0.29, 0.717) is 23.6 Å². The molecule has 2 heterocycles. The van der Waals surface area contributed by atoms with Gasteiger partial charge in [-0.1, -0.05) is 20.8 Å². The number of benzene rings is 1. The third kappa shape index (κ3) is 5.14. The highest BCUT2D eigenvalue weighted by atomic mass is 19.1. The lowest BCUT2D eigenvalue weighted by atomic mass is 9.86. The van der Waals surface area contributed by atoms with E-state index >= 15 is 0 Å². The molecule has 0 N–H and O–H groups in total. The Morgan fingerprint density at radius 3 is 2.38 bits per heavy atom. The molecule has 0 aliphatic carbocycles. The van der Waals surface area contributed by atoms with Crippen molar-refractivity contribution in [2.45, 2.75) is 46.1 Å². The van der Waals surface area contributed by atoms with Gasteiger partial charge in [0.15, 0.2) is 12.2 Å². The summed E-state index contributed by atoms with van der Waals surface area (Å²) in [5, 5.41) is 0. The number of aldehydes is 1. The van der Waals surface area contributed by atoms with Crippen LogP contribution in [0.2, 0.25) is 0 Å². The lowest BCUT2D eigenvalue weighted by Gasteiger charge is -2.37. The van der Waals surface area contributed by atoms with Crippen LogP contribution < -0.4 is 4.74 Å². The minimum absolute atomic E-state index is 0.104. The molecule has 26 heavy (non-hydrogen) atoms. The Kier molecular flexibility index (Phi) is 6.18. The van der Waals surface area contributed by atoms with Gasteiger partial charge in [0.1, 0.15) is 29.1 Å². The van der Waals surface area contributed by atoms with Crippen LogP contribution in [0.4, 0.5) is 4.39 Å². The molecule has 142 valence electrons. The fourth-order valence-electron chi connectivity index (χ4n) is 2.74. The topological polar surface area (TPSA) is 55.6 Å². The fraction of sp³-hybridized carbons (Fsp3) is 0.500. The van der Waals surface area contributed by atoms with Gasteiger partial charge in [0.2, 0.25) is 0 Å². The minimum atomic E-state index is -0.201. The molecule has 1 aromatic carbocycles. The van der Waals surface area contributed by atoms with Crippen LogP contribution in [0.3, 0.4) is 0 Å². The SMILES string of the molecule is CN1CC(Oc2ccc(F)cc2C(C)(C)C)C1.Cc1nc(C=O)c(C)o1. The quantitative estimate of drug-likeness (QED) is 0.775. The first-order valence-corrected chi connectivity index (χ1v) is 8.64. The number of hydrogen-bond donors (Lipinski definition) is 0. The summed E-state index contributed by atoms with van der Waals surface area (Å²) in [7, 11) is 2.06. The summed E-state index contributed by atoms with van der Waals surface area (Å²) in [6.45, 7) is 11.5. The van der Waals surface area contributed by atoms with Gasteiger partial charge in [-0.3, -0.25) is 9.69 Å². The molecule has 2 aromatic rings. The predicted octanol–water partition coefficient (Wildman–Crippen LogP) is 3.92. The van der Waals surface area contributed by atoms with Crippen molar-refractivity contribution >= 4 is 6.29 Å². The van der Waals surface area contributed by atoms with E-state index < -0.39 is 0 Å². The number of aromatic nitrogens is 1. The van der Waals surface area contributed by atoms with Crippen LogP contribution in [0.25, 0.3) is 0 Å². The van der Waals surface area contributed by atoms with Crippen molar-refractivity contribution in [2.24, 2.45) is 0 Å². The molecule has 0 amide bonds. The number of rotatable bonds is 3. The maximum Gasteiger partial charge on any atom is 0.191 e. The predicted molar refractivity (Wildman–Crippen MR) is 98.4 cm³/mol. The zero-order chi connectivity index (χ0) is 19.5. The number of aryl methyl sites for hydroxylation is 2. The lowest BCUT2D eigenvalue weighted by Crippen LogP contribution is -2.51. The van der Waals surface area contributed by atoms with Crippen molar-refractivity contribution in [3.63, 3.8) is 0 Å². The summed E-state index contributed by atoms with van der Waals surface area (Å²) in [6.07, 6.45) is 0.929. The zero-order valence-corrected chi connectivity index (χ0v) is 16.3. The third-order valence-electron chi connectivity index (χ3n) is 4.12. The number of carbonyl (C=O) groups excluding carboxylic acids is 1. The average molecular weight is 362 g/mol. The van der Waals surface area contributed by atoms with Gasteiger partial charge in [-0.15, -0.1) is 0 Å². The van der Waals surface area contributed by atoms with Crippen molar-refractivity contribution in [3.8, 4) is 5.75 Å². The van der Waals surface area contributed by atoms with Crippen molar-refractivity contribution in [1.29, 1.82) is 0 Å². The summed E-state index contributed by atoms with van der Waals surface area (Å²) in [6, 6.07) is 4.79. The summed E-state index contributed by atoms with van der Waals surface area (Å²) in [5.74, 6) is 1.74. The van der Waals surface area contributed by atoms with Gasteiger partial charge >= 0.3 is 0 Å². The van der Waals surface area contributed by atoms with Crippen LogP contribution in [-0.4, -0.2) is 42.4 Å².